The summed E-state index contributed by atoms with van der Waals surface area (Å²) in [6, 6.07) is 10.2. The highest BCUT2D eigenvalue weighted by molar-refractivity contribution is 7.86. The molecule has 0 radical (unpaired) electrons. The Bertz CT molecular complexity index is 1670. The number of aryl methyl sites for hydroxylation is 1. The van der Waals surface area contributed by atoms with E-state index in [2.05, 4.69) is 24.1 Å². The van der Waals surface area contributed by atoms with E-state index in [1.54, 1.807) is 50.6 Å². The standard InChI is InChI=1S/C10H16N5O3P.C9H12O3S.C7H9N5O2/c1-19(2,16)6-17-3-4-18-9-7(5-11)8(12)14-10(13)15-9;1-3-12-13(10,11)9-6-4-8(2)5-7-9;8-3-4-5(9)11-7(10)12-6(4)14-2-1-13/h3-4,6H2,1-2H3,(H4,12,13,14,15);4-7H,3H2,1-2H3;13H,1-2H2,(H4,9,10,11,12). The first-order valence-electron chi connectivity index (χ1n) is 13.2. The number of hydrogen-bond acceptors (Lipinski definition) is 18. The molecule has 0 bridgehead atoms. The lowest BCUT2D eigenvalue weighted by atomic mass is 10.2. The first-order valence-corrected chi connectivity index (χ1v) is 17.4. The summed E-state index contributed by atoms with van der Waals surface area (Å²) in [7, 11) is -5.73. The number of hydrogen-bond donors (Lipinski definition) is 5. The van der Waals surface area contributed by atoms with Crippen LogP contribution in [0.4, 0.5) is 23.5 Å². The molecule has 0 unspecified atom stereocenters. The van der Waals surface area contributed by atoms with Gasteiger partial charge < -0.3 is 46.8 Å². The minimum absolute atomic E-state index is 0.00782. The van der Waals surface area contributed by atoms with E-state index >= 15 is 0 Å². The molecule has 0 saturated carbocycles. The lowest BCUT2D eigenvalue weighted by Crippen LogP contribution is -2.11. The number of benzene rings is 1. The molecule has 0 amide bonds. The van der Waals surface area contributed by atoms with E-state index in [0.29, 0.717) is 0 Å². The van der Waals surface area contributed by atoms with Gasteiger partial charge in [0.1, 0.15) is 32.5 Å². The van der Waals surface area contributed by atoms with Crippen molar-refractivity contribution in [2.75, 3.05) is 75.6 Å². The normalized spacial score (nSPS) is 10.7. The SMILES string of the molecule is CCOS(=O)(=O)c1ccc(C)cc1.CP(C)(=O)COCCOc1nc(N)nc(N)c1C#N.N#Cc1c(N)nc(N)nc1OCCO. The van der Waals surface area contributed by atoms with Crippen LogP contribution in [0.1, 0.15) is 23.6 Å². The highest BCUT2D eigenvalue weighted by atomic mass is 32.2. The van der Waals surface area contributed by atoms with Gasteiger partial charge in [0.25, 0.3) is 10.1 Å². The Kier molecular flexibility index (Phi) is 16.1. The van der Waals surface area contributed by atoms with Crippen molar-refractivity contribution in [3.8, 4) is 23.9 Å². The van der Waals surface area contributed by atoms with Crippen LogP contribution < -0.4 is 32.4 Å². The zero-order valence-electron chi connectivity index (χ0n) is 25.7. The fraction of sp³-hybridized carbons (Fsp3) is 0.385. The highest BCUT2D eigenvalue weighted by Crippen LogP contribution is 2.35. The van der Waals surface area contributed by atoms with Crippen LogP contribution in [0.25, 0.3) is 0 Å². The summed E-state index contributed by atoms with van der Waals surface area (Å²) < 4.78 is 54.0. The van der Waals surface area contributed by atoms with Crippen LogP contribution >= 0.6 is 7.14 Å². The Balaban J connectivity index is 0.000000353. The van der Waals surface area contributed by atoms with Crippen molar-refractivity contribution in [1.29, 1.82) is 10.5 Å². The summed E-state index contributed by atoms with van der Waals surface area (Å²) in [4.78, 5) is 14.9. The van der Waals surface area contributed by atoms with Crippen LogP contribution in [0.5, 0.6) is 11.8 Å². The van der Waals surface area contributed by atoms with Crippen molar-refractivity contribution in [2.45, 2.75) is 18.7 Å². The minimum atomic E-state index is -3.53. The van der Waals surface area contributed by atoms with Crippen LogP contribution in [-0.4, -0.2) is 86.2 Å². The number of aliphatic hydroxyl groups is 1. The predicted octanol–water partition coefficient (Wildman–Crippen LogP) is 1.09. The molecular weight excluding hydrogens is 643 g/mol. The van der Waals surface area contributed by atoms with Crippen LogP contribution in [0.3, 0.4) is 0 Å². The number of nitrogens with two attached hydrogens (primary N) is 4. The number of nitrogens with zero attached hydrogens (tertiary/aromatic N) is 6. The molecular formula is C26H37N10O8PS. The fourth-order valence-electron chi connectivity index (χ4n) is 2.92. The van der Waals surface area contributed by atoms with Crippen molar-refractivity contribution in [1.82, 2.24) is 19.9 Å². The molecule has 18 nitrogen and oxygen atoms in total. The molecule has 0 spiro atoms. The third kappa shape index (κ3) is 13.9. The van der Waals surface area contributed by atoms with Gasteiger partial charge in [0, 0.05) is 0 Å². The fourth-order valence-corrected chi connectivity index (χ4v) is 4.40. The second kappa shape index (κ2) is 18.9. The quantitative estimate of drug-likeness (QED) is 0.101. The Morgan fingerprint density at radius 3 is 1.74 bits per heavy atom. The number of nitriles is 2. The van der Waals surface area contributed by atoms with Gasteiger partial charge in [-0.25, -0.2) is 0 Å². The third-order valence-electron chi connectivity index (χ3n) is 4.85. The number of nitrogen functional groups attached to an aromatic ring is 4. The molecule has 0 aliphatic carbocycles. The number of anilines is 4. The second-order valence-electron chi connectivity index (χ2n) is 9.22. The average Bonchev–Trinajstić information content (AvgIpc) is 2.96. The van der Waals surface area contributed by atoms with Crippen molar-refractivity contribution in [2.24, 2.45) is 0 Å². The summed E-state index contributed by atoms with van der Waals surface area (Å²) in [5.74, 6) is -0.196. The highest BCUT2D eigenvalue weighted by Gasteiger charge is 2.14. The molecule has 250 valence electrons. The van der Waals surface area contributed by atoms with E-state index in [1.807, 2.05) is 13.0 Å². The summed E-state index contributed by atoms with van der Waals surface area (Å²) in [6.07, 6.45) is 0.176. The van der Waals surface area contributed by atoms with Gasteiger partial charge in [-0.3, -0.25) is 4.18 Å². The monoisotopic (exact) mass is 680 g/mol. The molecule has 0 fully saturated rings. The number of rotatable bonds is 12. The maximum absolute atomic E-state index is 11.4. The molecule has 0 saturated heterocycles. The van der Waals surface area contributed by atoms with Gasteiger partial charge in [0.15, 0.2) is 22.8 Å². The maximum atomic E-state index is 11.4. The van der Waals surface area contributed by atoms with Gasteiger partial charge in [-0.2, -0.15) is 38.9 Å². The summed E-state index contributed by atoms with van der Waals surface area (Å²) >= 11 is 0. The minimum Gasteiger partial charge on any atom is -0.474 e. The first-order chi connectivity index (χ1) is 21.6. The van der Waals surface area contributed by atoms with Gasteiger partial charge >= 0.3 is 0 Å². The largest absolute Gasteiger partial charge is 0.474 e. The molecule has 2 aromatic heterocycles. The summed E-state index contributed by atoms with van der Waals surface area (Å²) in [5.41, 5.74) is 22.7. The van der Waals surface area contributed by atoms with Crippen molar-refractivity contribution in [3.63, 3.8) is 0 Å². The van der Waals surface area contributed by atoms with E-state index in [0.717, 1.165) is 5.56 Å². The summed E-state index contributed by atoms with van der Waals surface area (Å²) in [6.45, 7) is 7.17. The molecule has 9 N–H and O–H groups in total. The third-order valence-corrected chi connectivity index (χ3v) is 7.05. The van der Waals surface area contributed by atoms with E-state index < -0.39 is 17.3 Å². The molecule has 0 atom stereocenters. The molecule has 3 rings (SSSR count). The zero-order chi connectivity index (χ0) is 34.9. The molecule has 0 aliphatic heterocycles. The van der Waals surface area contributed by atoms with E-state index in [9.17, 15) is 13.0 Å². The topological polar surface area (TPSA) is 312 Å². The molecule has 0 aliphatic rings. The van der Waals surface area contributed by atoms with Crippen LogP contribution in [0.15, 0.2) is 29.2 Å². The lowest BCUT2D eigenvalue weighted by molar-refractivity contribution is 0.129. The number of aliphatic hydroxyl groups excluding tert-OH is 1. The van der Waals surface area contributed by atoms with Crippen molar-refractivity contribution < 1.29 is 36.5 Å². The van der Waals surface area contributed by atoms with Crippen molar-refractivity contribution >= 4 is 40.8 Å². The Morgan fingerprint density at radius 2 is 1.33 bits per heavy atom. The van der Waals surface area contributed by atoms with Crippen LogP contribution in [-0.2, 0) is 23.6 Å². The summed E-state index contributed by atoms with van der Waals surface area (Å²) in [5, 5.41) is 26.1. The average molecular weight is 681 g/mol. The molecule has 3 aromatic rings. The Hall–Kier alpha value is -4.78. The van der Waals surface area contributed by atoms with Gasteiger partial charge in [0.2, 0.25) is 23.7 Å². The number of aromatic nitrogens is 4. The first kappa shape index (κ1) is 39.2. The van der Waals surface area contributed by atoms with Gasteiger partial charge in [-0.05, 0) is 39.3 Å². The molecule has 20 heteroatoms. The molecule has 1 aromatic carbocycles. The maximum Gasteiger partial charge on any atom is 0.296 e. The van der Waals surface area contributed by atoms with Crippen LogP contribution in [0.2, 0.25) is 0 Å². The Morgan fingerprint density at radius 1 is 0.848 bits per heavy atom. The van der Waals surface area contributed by atoms with Gasteiger partial charge in [0.05, 0.1) is 31.1 Å². The van der Waals surface area contributed by atoms with E-state index in [-0.39, 0.29) is 90.7 Å². The predicted molar refractivity (Wildman–Crippen MR) is 169 cm³/mol. The van der Waals surface area contributed by atoms with Gasteiger partial charge in [-0.1, -0.05) is 17.7 Å². The molecule has 2 heterocycles. The molecule has 46 heavy (non-hydrogen) atoms. The number of ether oxygens (including phenoxy) is 3. The van der Waals surface area contributed by atoms with Gasteiger partial charge in [-0.15, -0.1) is 0 Å². The lowest BCUT2D eigenvalue weighted by Gasteiger charge is -2.10. The zero-order valence-corrected chi connectivity index (χ0v) is 27.4. The smallest absolute Gasteiger partial charge is 0.296 e. The second-order valence-corrected chi connectivity index (χ2v) is 14.2. The Labute approximate surface area is 266 Å². The van der Waals surface area contributed by atoms with Crippen molar-refractivity contribution in [3.05, 3.63) is 41.0 Å². The van der Waals surface area contributed by atoms with E-state index in [4.69, 9.17) is 52.8 Å². The van der Waals surface area contributed by atoms with Crippen LogP contribution in [0, 0.1) is 29.6 Å². The van der Waals surface area contributed by atoms with E-state index in [1.165, 1.54) is 0 Å².